The number of hydrogen-bond acceptors (Lipinski definition) is 7. The third-order valence-corrected chi connectivity index (χ3v) is 5.90. The van der Waals surface area contributed by atoms with Gasteiger partial charge in [0, 0.05) is 31.1 Å². The van der Waals surface area contributed by atoms with Gasteiger partial charge < -0.3 is 14.5 Å². The number of likely N-dealkylation sites (tertiary alicyclic amines) is 1. The van der Waals surface area contributed by atoms with E-state index in [1.54, 1.807) is 36.1 Å². The quantitative estimate of drug-likeness (QED) is 0.210. The fourth-order valence-corrected chi connectivity index (χ4v) is 4.25. The molecule has 1 amide bonds. The summed E-state index contributed by atoms with van der Waals surface area (Å²) in [6, 6.07) is 11.1. The number of nitro groups is 1. The molecule has 0 aliphatic carbocycles. The predicted molar refractivity (Wildman–Crippen MR) is 123 cm³/mol. The molecule has 0 saturated carbocycles. The molecule has 2 aliphatic heterocycles. The van der Waals surface area contributed by atoms with Crippen molar-refractivity contribution >= 4 is 23.6 Å². The normalized spacial score (nSPS) is 17.7. The van der Waals surface area contributed by atoms with Gasteiger partial charge in [0.15, 0.2) is 5.75 Å². The van der Waals surface area contributed by atoms with Gasteiger partial charge in [-0.25, -0.2) is 0 Å². The Kier molecular flexibility index (Phi) is 7.22. The number of nitrogens with zero attached hydrogens (tertiary/aromatic N) is 2. The highest BCUT2D eigenvalue weighted by molar-refractivity contribution is 5.94. The molecule has 1 unspecified atom stereocenters. The van der Waals surface area contributed by atoms with Gasteiger partial charge in [-0.05, 0) is 55.2 Å². The van der Waals surface area contributed by atoms with Crippen LogP contribution in [-0.4, -0.2) is 48.0 Å². The lowest BCUT2D eigenvalue weighted by Crippen LogP contribution is -2.42. The largest absolute Gasteiger partial charge is 0.466 e. The van der Waals surface area contributed by atoms with Crippen LogP contribution in [0.25, 0.3) is 17.2 Å². The molecule has 0 spiro atoms. The van der Waals surface area contributed by atoms with Crippen molar-refractivity contribution in [3.8, 4) is 16.9 Å². The summed E-state index contributed by atoms with van der Waals surface area (Å²) in [7, 11) is 0. The number of benzene rings is 2. The van der Waals surface area contributed by atoms with Gasteiger partial charge in [0.05, 0.1) is 35.7 Å². The maximum absolute atomic E-state index is 12.9. The zero-order chi connectivity index (χ0) is 24.1. The number of esters is 1. The number of piperidine rings is 1. The van der Waals surface area contributed by atoms with E-state index in [9.17, 15) is 19.7 Å². The minimum absolute atomic E-state index is 0.178. The lowest BCUT2D eigenvalue weighted by Gasteiger charge is -2.30. The van der Waals surface area contributed by atoms with Gasteiger partial charge in [0.2, 0.25) is 5.91 Å². The SMILES string of the molecule is CCOC(=O)C1CCCN(C(=O)/C=C/c2cc[c]c([N+](=O)[O-])c2-c2ccc3c(c2)CCOO3)C1. The Hall–Kier alpha value is -3.72. The molecule has 1 radical (unpaired) electrons. The van der Waals surface area contributed by atoms with Crippen molar-refractivity contribution in [2.75, 3.05) is 26.3 Å². The van der Waals surface area contributed by atoms with Crippen LogP contribution in [0.3, 0.4) is 0 Å². The van der Waals surface area contributed by atoms with Crippen molar-refractivity contribution in [3.05, 3.63) is 63.7 Å². The second-order valence-electron chi connectivity index (χ2n) is 8.10. The molecular formula is C25H25N2O7. The number of rotatable bonds is 6. The second-order valence-corrected chi connectivity index (χ2v) is 8.10. The van der Waals surface area contributed by atoms with Crippen LogP contribution >= 0.6 is 0 Å². The average molecular weight is 465 g/mol. The van der Waals surface area contributed by atoms with Crippen molar-refractivity contribution in [2.45, 2.75) is 26.2 Å². The molecule has 2 aromatic rings. The molecule has 34 heavy (non-hydrogen) atoms. The lowest BCUT2D eigenvalue weighted by atomic mass is 9.94. The first-order chi connectivity index (χ1) is 16.5. The van der Waals surface area contributed by atoms with Gasteiger partial charge in [-0.1, -0.05) is 12.1 Å². The van der Waals surface area contributed by atoms with Crippen molar-refractivity contribution in [3.63, 3.8) is 0 Å². The van der Waals surface area contributed by atoms with Crippen molar-refractivity contribution < 1.29 is 29.0 Å². The number of ether oxygens (including phenoxy) is 1. The van der Waals surface area contributed by atoms with Crippen LogP contribution in [0.4, 0.5) is 5.69 Å². The van der Waals surface area contributed by atoms with E-state index in [0.29, 0.717) is 68.0 Å². The van der Waals surface area contributed by atoms with E-state index in [0.717, 1.165) is 5.56 Å². The first-order valence-electron chi connectivity index (χ1n) is 11.2. The van der Waals surface area contributed by atoms with Crippen molar-refractivity contribution in [1.29, 1.82) is 0 Å². The third-order valence-electron chi connectivity index (χ3n) is 5.90. The summed E-state index contributed by atoms with van der Waals surface area (Å²) in [5.41, 5.74) is 2.22. The van der Waals surface area contributed by atoms with Crippen LogP contribution < -0.4 is 4.89 Å². The lowest BCUT2D eigenvalue weighted by molar-refractivity contribution is -0.384. The van der Waals surface area contributed by atoms with Crippen LogP contribution in [0.1, 0.15) is 30.9 Å². The summed E-state index contributed by atoms with van der Waals surface area (Å²) < 4.78 is 5.10. The first-order valence-corrected chi connectivity index (χ1v) is 11.2. The van der Waals surface area contributed by atoms with Gasteiger partial charge >= 0.3 is 5.97 Å². The summed E-state index contributed by atoms with van der Waals surface area (Å²) in [6.07, 6.45) is 4.98. The van der Waals surface area contributed by atoms with E-state index in [2.05, 4.69) is 6.07 Å². The number of fused-ring (bicyclic) bond motifs is 1. The Balaban J connectivity index is 1.61. The second kappa shape index (κ2) is 10.5. The van der Waals surface area contributed by atoms with E-state index >= 15 is 0 Å². The highest BCUT2D eigenvalue weighted by Crippen LogP contribution is 2.37. The molecule has 2 aromatic carbocycles. The Labute approximate surface area is 197 Å². The van der Waals surface area contributed by atoms with Gasteiger partial charge in [0.25, 0.3) is 5.69 Å². The Morgan fingerprint density at radius 2 is 2.21 bits per heavy atom. The van der Waals surface area contributed by atoms with E-state index in [4.69, 9.17) is 14.5 Å². The van der Waals surface area contributed by atoms with Gasteiger partial charge in [-0.15, -0.1) is 0 Å². The molecule has 4 rings (SSSR count). The summed E-state index contributed by atoms with van der Waals surface area (Å²) in [4.78, 5) is 48.0. The van der Waals surface area contributed by atoms with Crippen molar-refractivity contribution in [1.82, 2.24) is 4.90 Å². The summed E-state index contributed by atoms with van der Waals surface area (Å²) in [5, 5.41) is 11.8. The Morgan fingerprint density at radius 3 is 3.00 bits per heavy atom. The fraction of sp³-hybridized carbons (Fsp3) is 0.360. The van der Waals surface area contributed by atoms with Gasteiger partial charge in [0.1, 0.15) is 0 Å². The minimum atomic E-state index is -0.484. The topological polar surface area (TPSA) is 108 Å². The number of carbonyl (C=O) groups excluding carboxylic acids is 2. The van der Waals surface area contributed by atoms with E-state index in [1.807, 2.05) is 6.07 Å². The molecule has 1 saturated heterocycles. The maximum atomic E-state index is 12.9. The number of amides is 1. The maximum Gasteiger partial charge on any atom is 0.310 e. The van der Waals surface area contributed by atoms with Gasteiger partial charge in [-0.2, -0.15) is 4.89 Å². The average Bonchev–Trinajstić information content (AvgIpc) is 2.86. The summed E-state index contributed by atoms with van der Waals surface area (Å²) in [5.74, 6) is -0.310. The smallest absolute Gasteiger partial charge is 0.310 e. The predicted octanol–water partition coefficient (Wildman–Crippen LogP) is 3.74. The van der Waals surface area contributed by atoms with E-state index in [-0.39, 0.29) is 23.5 Å². The highest BCUT2D eigenvalue weighted by atomic mass is 17.2. The number of nitro benzene ring substituents is 1. The molecule has 177 valence electrons. The minimum Gasteiger partial charge on any atom is -0.466 e. The molecular weight excluding hydrogens is 440 g/mol. The molecule has 0 aromatic heterocycles. The molecule has 9 nitrogen and oxygen atoms in total. The van der Waals surface area contributed by atoms with E-state index < -0.39 is 4.92 Å². The zero-order valence-electron chi connectivity index (χ0n) is 18.8. The standard InChI is InChI=1S/C25H25N2O7/c1-2-32-25(29)20-6-4-13-26(16-20)23(28)11-9-17-5-3-7-21(27(30)31)24(17)19-8-10-22-18(15-19)12-14-33-34-22/h3,5,8-11,15,20H,2,4,6,12-14,16H2,1H3/b11-9+. The van der Waals surface area contributed by atoms with Crippen LogP contribution in [0.2, 0.25) is 0 Å². The first kappa shape index (κ1) is 23.4. The molecule has 1 atom stereocenters. The molecule has 2 heterocycles. The molecule has 1 fully saturated rings. The number of hydrogen-bond donors (Lipinski definition) is 0. The van der Waals surface area contributed by atoms with Gasteiger partial charge in [-0.3, -0.25) is 19.7 Å². The van der Waals surface area contributed by atoms with Crippen LogP contribution in [-0.2, 0) is 25.6 Å². The van der Waals surface area contributed by atoms with Crippen molar-refractivity contribution in [2.24, 2.45) is 5.92 Å². The Bertz CT molecular complexity index is 1130. The molecule has 0 N–H and O–H groups in total. The molecule has 2 aliphatic rings. The third kappa shape index (κ3) is 5.09. The van der Waals surface area contributed by atoms with Crippen LogP contribution in [0.15, 0.2) is 36.4 Å². The zero-order valence-corrected chi connectivity index (χ0v) is 18.8. The van der Waals surface area contributed by atoms with Crippen LogP contribution in [0.5, 0.6) is 5.75 Å². The molecule has 9 heteroatoms. The number of carbonyl (C=O) groups is 2. The molecule has 0 bridgehead atoms. The summed E-state index contributed by atoms with van der Waals surface area (Å²) >= 11 is 0. The highest BCUT2D eigenvalue weighted by Gasteiger charge is 2.28. The van der Waals surface area contributed by atoms with Crippen LogP contribution in [0, 0.1) is 22.1 Å². The fourth-order valence-electron chi connectivity index (χ4n) is 4.25. The monoisotopic (exact) mass is 465 g/mol. The summed E-state index contributed by atoms with van der Waals surface area (Å²) in [6.45, 7) is 3.29. The Morgan fingerprint density at radius 1 is 1.35 bits per heavy atom. The van der Waals surface area contributed by atoms with E-state index in [1.165, 1.54) is 12.1 Å².